The maximum atomic E-state index is 4.56. The highest BCUT2D eigenvalue weighted by molar-refractivity contribution is 7.21. The lowest BCUT2D eigenvalue weighted by atomic mass is 10.1. The third-order valence-corrected chi connectivity index (χ3v) is 4.32. The van der Waals surface area contributed by atoms with E-state index in [1.807, 2.05) is 38.4 Å². The van der Waals surface area contributed by atoms with Crippen molar-refractivity contribution in [1.82, 2.24) is 4.98 Å². The van der Waals surface area contributed by atoms with Crippen molar-refractivity contribution < 1.29 is 0 Å². The monoisotopic (exact) mass is 310 g/mol. The van der Waals surface area contributed by atoms with Crippen LogP contribution in [0.4, 0.5) is 16.5 Å². The number of hydrogen-bond donors (Lipinski definition) is 0. The minimum Gasteiger partial charge on any atom is -0.378 e. The molecular formula is C17H18N4S. The van der Waals surface area contributed by atoms with Gasteiger partial charge >= 0.3 is 0 Å². The van der Waals surface area contributed by atoms with Crippen molar-refractivity contribution in [2.45, 2.75) is 13.8 Å². The number of hydrogen-bond acceptors (Lipinski definition) is 5. The Balaban J connectivity index is 1.87. The molecule has 0 saturated carbocycles. The Labute approximate surface area is 134 Å². The van der Waals surface area contributed by atoms with Crippen LogP contribution in [-0.2, 0) is 0 Å². The van der Waals surface area contributed by atoms with Crippen molar-refractivity contribution in [3.8, 4) is 0 Å². The molecule has 2 aromatic carbocycles. The molecule has 0 spiro atoms. The fraction of sp³-hybridized carbons (Fsp3) is 0.235. The van der Waals surface area contributed by atoms with Crippen molar-refractivity contribution in [3.63, 3.8) is 0 Å². The summed E-state index contributed by atoms with van der Waals surface area (Å²) in [5.74, 6) is 0. The van der Waals surface area contributed by atoms with Crippen LogP contribution in [0.5, 0.6) is 0 Å². The Morgan fingerprint density at radius 2 is 1.73 bits per heavy atom. The van der Waals surface area contributed by atoms with Gasteiger partial charge in [0.2, 0.25) is 5.13 Å². The molecule has 5 heteroatoms. The molecule has 1 heterocycles. The van der Waals surface area contributed by atoms with Crippen molar-refractivity contribution in [2.24, 2.45) is 10.2 Å². The zero-order chi connectivity index (χ0) is 15.7. The van der Waals surface area contributed by atoms with Gasteiger partial charge in [-0.1, -0.05) is 17.4 Å². The minimum atomic E-state index is 0.695. The molecule has 22 heavy (non-hydrogen) atoms. The van der Waals surface area contributed by atoms with E-state index in [1.165, 1.54) is 11.1 Å². The van der Waals surface area contributed by atoms with Crippen molar-refractivity contribution >= 4 is 38.1 Å². The average molecular weight is 310 g/mol. The second-order valence-corrected chi connectivity index (χ2v) is 6.54. The molecule has 3 aromatic rings. The number of nitrogens with zero attached hydrogens (tertiary/aromatic N) is 4. The molecule has 3 rings (SSSR count). The van der Waals surface area contributed by atoms with Gasteiger partial charge in [0.25, 0.3) is 0 Å². The number of thiazole rings is 1. The fourth-order valence-corrected chi connectivity index (χ4v) is 3.28. The van der Waals surface area contributed by atoms with Crippen LogP contribution in [0.15, 0.2) is 46.6 Å². The summed E-state index contributed by atoms with van der Waals surface area (Å²) in [7, 11) is 4.03. The number of rotatable bonds is 3. The van der Waals surface area contributed by atoms with E-state index in [1.54, 1.807) is 11.3 Å². The van der Waals surface area contributed by atoms with Crippen molar-refractivity contribution in [1.29, 1.82) is 0 Å². The molecule has 0 radical (unpaired) electrons. The SMILES string of the molecule is Cc1cc(C)c2nc(N=Nc3ccc(N(C)C)cc3)sc2c1. The van der Waals surface area contributed by atoms with Crippen LogP contribution in [0.1, 0.15) is 11.1 Å². The lowest BCUT2D eigenvalue weighted by molar-refractivity contribution is 1.13. The molecule has 0 aliphatic rings. The molecule has 0 saturated heterocycles. The zero-order valence-electron chi connectivity index (χ0n) is 13.2. The number of anilines is 1. The topological polar surface area (TPSA) is 40.9 Å². The number of aryl methyl sites for hydroxylation is 2. The number of aromatic nitrogens is 1. The summed E-state index contributed by atoms with van der Waals surface area (Å²) in [5.41, 5.74) is 5.43. The first kappa shape index (κ1) is 14.7. The summed E-state index contributed by atoms with van der Waals surface area (Å²) >= 11 is 1.57. The Bertz CT molecular complexity index is 832. The molecule has 4 nitrogen and oxygen atoms in total. The molecule has 1 aromatic heterocycles. The van der Waals surface area contributed by atoms with Crippen LogP contribution in [0.25, 0.3) is 10.2 Å². The summed E-state index contributed by atoms with van der Waals surface area (Å²) in [6, 6.07) is 12.3. The van der Waals surface area contributed by atoms with E-state index in [0.717, 1.165) is 21.6 Å². The Morgan fingerprint density at radius 1 is 1.00 bits per heavy atom. The third kappa shape index (κ3) is 2.99. The highest BCUT2D eigenvalue weighted by atomic mass is 32.1. The van der Waals surface area contributed by atoms with Gasteiger partial charge in [0, 0.05) is 19.8 Å². The predicted molar refractivity (Wildman–Crippen MR) is 94.0 cm³/mol. The lowest BCUT2D eigenvalue weighted by Crippen LogP contribution is -2.07. The van der Waals surface area contributed by atoms with E-state index in [-0.39, 0.29) is 0 Å². The van der Waals surface area contributed by atoms with E-state index in [9.17, 15) is 0 Å². The Hall–Kier alpha value is -2.27. The van der Waals surface area contributed by atoms with Crippen molar-refractivity contribution in [2.75, 3.05) is 19.0 Å². The van der Waals surface area contributed by atoms with Gasteiger partial charge in [-0.15, -0.1) is 10.2 Å². The molecule has 0 amide bonds. The molecule has 0 N–H and O–H groups in total. The van der Waals surface area contributed by atoms with Crippen LogP contribution >= 0.6 is 11.3 Å². The first-order chi connectivity index (χ1) is 10.5. The van der Waals surface area contributed by atoms with Gasteiger partial charge in [0.15, 0.2) is 0 Å². The third-order valence-electron chi connectivity index (χ3n) is 3.44. The van der Waals surface area contributed by atoms with E-state index in [4.69, 9.17) is 0 Å². The van der Waals surface area contributed by atoms with Gasteiger partial charge in [0.1, 0.15) is 0 Å². The van der Waals surface area contributed by atoms with E-state index < -0.39 is 0 Å². The van der Waals surface area contributed by atoms with E-state index in [2.05, 4.69) is 46.1 Å². The summed E-state index contributed by atoms with van der Waals surface area (Å²) in [6.07, 6.45) is 0. The van der Waals surface area contributed by atoms with Crippen molar-refractivity contribution in [3.05, 3.63) is 47.5 Å². The quantitative estimate of drug-likeness (QED) is 0.608. The molecule has 0 aliphatic carbocycles. The van der Waals surface area contributed by atoms with Crippen LogP contribution in [-0.4, -0.2) is 19.1 Å². The maximum Gasteiger partial charge on any atom is 0.231 e. The summed E-state index contributed by atoms with van der Waals surface area (Å²) in [6.45, 7) is 4.18. The second kappa shape index (κ2) is 5.85. The maximum absolute atomic E-state index is 4.56. The molecule has 0 aliphatic heterocycles. The fourth-order valence-electron chi connectivity index (χ4n) is 2.32. The van der Waals surface area contributed by atoms with Gasteiger partial charge in [0.05, 0.1) is 15.9 Å². The van der Waals surface area contributed by atoms with Gasteiger partial charge in [-0.05, 0) is 55.3 Å². The first-order valence-corrected chi connectivity index (χ1v) is 7.91. The van der Waals surface area contributed by atoms with Gasteiger partial charge in [-0.3, -0.25) is 0 Å². The average Bonchev–Trinajstić information content (AvgIpc) is 2.89. The lowest BCUT2D eigenvalue weighted by Gasteiger charge is -2.11. The van der Waals surface area contributed by atoms with Gasteiger partial charge in [-0.2, -0.15) is 0 Å². The standard InChI is InChI=1S/C17H18N4S/c1-11-9-12(2)16-15(10-11)22-17(18-16)20-19-13-5-7-14(8-6-13)21(3)4/h5-10H,1-4H3. The minimum absolute atomic E-state index is 0.695. The van der Waals surface area contributed by atoms with Crippen LogP contribution in [0.2, 0.25) is 0 Å². The highest BCUT2D eigenvalue weighted by Crippen LogP contribution is 2.32. The number of benzene rings is 2. The normalized spacial score (nSPS) is 11.5. The number of azo groups is 1. The summed E-state index contributed by atoms with van der Waals surface area (Å²) < 4.78 is 1.16. The van der Waals surface area contributed by atoms with Crippen LogP contribution in [0.3, 0.4) is 0 Å². The highest BCUT2D eigenvalue weighted by Gasteiger charge is 2.06. The first-order valence-electron chi connectivity index (χ1n) is 7.10. The Morgan fingerprint density at radius 3 is 2.41 bits per heavy atom. The molecule has 112 valence electrons. The predicted octanol–water partition coefficient (Wildman–Crippen LogP) is 5.39. The summed E-state index contributed by atoms with van der Waals surface area (Å²) in [4.78, 5) is 6.62. The Kier molecular flexibility index (Phi) is 3.90. The molecular weight excluding hydrogens is 292 g/mol. The summed E-state index contributed by atoms with van der Waals surface area (Å²) in [5, 5.41) is 9.25. The zero-order valence-corrected chi connectivity index (χ0v) is 14.0. The van der Waals surface area contributed by atoms with Crippen LogP contribution < -0.4 is 4.90 Å². The van der Waals surface area contributed by atoms with Gasteiger partial charge in [-0.25, -0.2) is 4.98 Å². The van der Waals surface area contributed by atoms with E-state index in [0.29, 0.717) is 5.13 Å². The molecule has 0 atom stereocenters. The van der Waals surface area contributed by atoms with Gasteiger partial charge < -0.3 is 4.90 Å². The van der Waals surface area contributed by atoms with E-state index >= 15 is 0 Å². The van der Waals surface area contributed by atoms with Crippen LogP contribution in [0, 0.1) is 13.8 Å². The second-order valence-electron chi connectivity index (χ2n) is 5.54. The largest absolute Gasteiger partial charge is 0.378 e. The smallest absolute Gasteiger partial charge is 0.231 e. The number of fused-ring (bicyclic) bond motifs is 1. The molecule has 0 fully saturated rings. The molecule has 0 bridgehead atoms. The molecule has 0 unspecified atom stereocenters.